The van der Waals surface area contributed by atoms with Crippen LogP contribution in [-0.4, -0.2) is 34.7 Å². The molecule has 0 bridgehead atoms. The molecule has 0 unspecified atom stereocenters. The van der Waals surface area contributed by atoms with E-state index in [9.17, 15) is 8.42 Å². The van der Waals surface area contributed by atoms with Crippen molar-refractivity contribution in [1.82, 2.24) is 10.0 Å². The molecule has 0 saturated carbocycles. The smallest absolute Gasteiger partial charge is 0.242 e. The third-order valence-electron chi connectivity index (χ3n) is 2.53. The minimum absolute atomic E-state index is 0. The summed E-state index contributed by atoms with van der Waals surface area (Å²) in [5.74, 6) is 0.460. The number of sulfonamides is 1. The fourth-order valence-corrected chi connectivity index (χ4v) is 3.22. The van der Waals surface area contributed by atoms with Gasteiger partial charge in [0, 0.05) is 25.2 Å². The first-order valence-corrected chi connectivity index (χ1v) is 6.95. The van der Waals surface area contributed by atoms with Crippen molar-refractivity contribution in [2.24, 2.45) is 0 Å². The molecule has 2 N–H and O–H groups in total. The van der Waals surface area contributed by atoms with Gasteiger partial charge in [-0.1, -0.05) is 11.6 Å². The zero-order valence-electron chi connectivity index (χ0n) is 9.64. The fraction of sp³-hybridized carbons (Fsp3) is 0.400. The predicted molar refractivity (Wildman–Crippen MR) is 72.2 cm³/mol. The van der Waals surface area contributed by atoms with Gasteiger partial charge in [-0.15, -0.1) is 12.4 Å². The Morgan fingerprint density at radius 2 is 2.11 bits per heavy atom. The Labute approximate surface area is 117 Å². The van der Waals surface area contributed by atoms with Gasteiger partial charge in [-0.3, -0.25) is 0 Å². The number of benzene rings is 1. The molecular weight excluding hydrogens is 299 g/mol. The number of hydrogen-bond donors (Lipinski definition) is 2. The van der Waals surface area contributed by atoms with Gasteiger partial charge in [0.15, 0.2) is 0 Å². The maximum Gasteiger partial charge on any atom is 0.242 e. The summed E-state index contributed by atoms with van der Waals surface area (Å²) in [5, 5.41) is 3.17. The van der Waals surface area contributed by atoms with E-state index in [4.69, 9.17) is 16.3 Å². The molecule has 1 heterocycles. The van der Waals surface area contributed by atoms with Crippen LogP contribution < -0.4 is 14.8 Å². The Bertz CT molecular complexity index is 518. The van der Waals surface area contributed by atoms with Crippen LogP contribution in [-0.2, 0) is 10.0 Å². The van der Waals surface area contributed by atoms with Crippen molar-refractivity contribution in [1.29, 1.82) is 0 Å². The standard InChI is InChI=1S/C10H13ClN2O3S.ClH/c1-16-8-2-3-9(11)10(4-8)17(14,15)13-7-5-12-6-7;/h2-4,7,12-13H,5-6H2,1H3;1H. The molecule has 1 aliphatic rings. The summed E-state index contributed by atoms with van der Waals surface area (Å²) in [5.41, 5.74) is 0. The molecule has 102 valence electrons. The van der Waals surface area contributed by atoms with Crippen LogP contribution in [0, 0.1) is 0 Å². The molecule has 1 aliphatic heterocycles. The van der Waals surface area contributed by atoms with Crippen molar-refractivity contribution in [2.75, 3.05) is 20.2 Å². The Morgan fingerprint density at radius 3 is 2.61 bits per heavy atom. The number of rotatable bonds is 4. The summed E-state index contributed by atoms with van der Waals surface area (Å²) in [6, 6.07) is 4.47. The molecule has 0 amide bonds. The summed E-state index contributed by atoms with van der Waals surface area (Å²) in [6.45, 7) is 1.28. The molecule has 1 aromatic rings. The van der Waals surface area contributed by atoms with Gasteiger partial charge < -0.3 is 10.1 Å². The first-order chi connectivity index (χ1) is 8.03. The molecule has 18 heavy (non-hydrogen) atoms. The molecule has 0 radical (unpaired) electrons. The van der Waals surface area contributed by atoms with E-state index >= 15 is 0 Å². The zero-order valence-corrected chi connectivity index (χ0v) is 12.0. The molecule has 2 rings (SSSR count). The topological polar surface area (TPSA) is 67.4 Å². The lowest BCUT2D eigenvalue weighted by Gasteiger charge is -2.27. The van der Waals surface area contributed by atoms with Gasteiger partial charge in [0.1, 0.15) is 10.6 Å². The second-order valence-electron chi connectivity index (χ2n) is 3.77. The summed E-state index contributed by atoms with van der Waals surface area (Å²) < 4.78 is 31.6. The van der Waals surface area contributed by atoms with Gasteiger partial charge in [-0.05, 0) is 12.1 Å². The van der Waals surface area contributed by atoms with Crippen LogP contribution >= 0.6 is 24.0 Å². The largest absolute Gasteiger partial charge is 0.497 e. The number of halogens is 2. The minimum Gasteiger partial charge on any atom is -0.497 e. The molecular formula is C10H14Cl2N2O3S. The van der Waals surface area contributed by atoms with Crippen LogP contribution in [0.15, 0.2) is 23.1 Å². The number of ether oxygens (including phenoxy) is 1. The van der Waals surface area contributed by atoms with E-state index in [-0.39, 0.29) is 28.4 Å². The molecule has 0 aromatic heterocycles. The summed E-state index contributed by atoms with van der Waals surface area (Å²) >= 11 is 5.89. The maximum atomic E-state index is 12.0. The van der Waals surface area contributed by atoms with Crippen LogP contribution in [0.4, 0.5) is 0 Å². The number of nitrogens with one attached hydrogen (secondary N) is 2. The quantitative estimate of drug-likeness (QED) is 0.871. The summed E-state index contributed by atoms with van der Waals surface area (Å²) in [7, 11) is -2.11. The number of hydrogen-bond acceptors (Lipinski definition) is 4. The van der Waals surface area contributed by atoms with E-state index in [1.54, 1.807) is 6.07 Å². The first-order valence-electron chi connectivity index (χ1n) is 5.09. The van der Waals surface area contributed by atoms with Crippen molar-refractivity contribution in [3.05, 3.63) is 23.2 Å². The summed E-state index contributed by atoms with van der Waals surface area (Å²) in [4.78, 5) is 0.0467. The Morgan fingerprint density at radius 1 is 1.44 bits per heavy atom. The molecule has 1 fully saturated rings. The van der Waals surface area contributed by atoms with Gasteiger partial charge in [0.2, 0.25) is 10.0 Å². The van der Waals surface area contributed by atoms with E-state index in [2.05, 4.69) is 10.0 Å². The van der Waals surface area contributed by atoms with E-state index in [0.717, 1.165) is 0 Å². The predicted octanol–water partition coefficient (Wildman–Crippen LogP) is 1.02. The highest BCUT2D eigenvalue weighted by molar-refractivity contribution is 7.89. The fourth-order valence-electron chi connectivity index (χ4n) is 1.47. The molecule has 1 saturated heterocycles. The monoisotopic (exact) mass is 312 g/mol. The Balaban J connectivity index is 0.00000162. The van der Waals surface area contributed by atoms with Crippen LogP contribution in [0.3, 0.4) is 0 Å². The van der Waals surface area contributed by atoms with Crippen molar-refractivity contribution in [3.8, 4) is 5.75 Å². The van der Waals surface area contributed by atoms with E-state index in [0.29, 0.717) is 18.8 Å². The number of methoxy groups -OCH3 is 1. The molecule has 5 nitrogen and oxygen atoms in total. The average molecular weight is 313 g/mol. The first kappa shape index (κ1) is 15.5. The second kappa shape index (κ2) is 6.08. The van der Waals surface area contributed by atoms with Crippen LogP contribution in [0.2, 0.25) is 5.02 Å². The van der Waals surface area contributed by atoms with Gasteiger partial charge in [-0.25, -0.2) is 13.1 Å². The van der Waals surface area contributed by atoms with Crippen molar-refractivity contribution in [2.45, 2.75) is 10.9 Å². The highest BCUT2D eigenvalue weighted by Crippen LogP contribution is 2.26. The molecule has 0 atom stereocenters. The zero-order chi connectivity index (χ0) is 12.5. The van der Waals surface area contributed by atoms with Gasteiger partial charge in [0.25, 0.3) is 0 Å². The van der Waals surface area contributed by atoms with Crippen LogP contribution in [0.5, 0.6) is 5.75 Å². The van der Waals surface area contributed by atoms with E-state index < -0.39 is 10.0 Å². The van der Waals surface area contributed by atoms with Crippen LogP contribution in [0.25, 0.3) is 0 Å². The van der Waals surface area contributed by atoms with E-state index in [1.165, 1.54) is 19.2 Å². The molecule has 0 spiro atoms. The van der Waals surface area contributed by atoms with Crippen molar-refractivity contribution < 1.29 is 13.2 Å². The third kappa shape index (κ3) is 3.27. The lowest BCUT2D eigenvalue weighted by molar-refractivity contribution is 0.408. The Hall–Kier alpha value is -0.530. The second-order valence-corrected chi connectivity index (χ2v) is 5.86. The lowest BCUT2D eigenvalue weighted by Crippen LogP contribution is -2.56. The third-order valence-corrected chi connectivity index (χ3v) is 4.53. The summed E-state index contributed by atoms with van der Waals surface area (Å²) in [6.07, 6.45) is 0. The Kier molecular flexibility index (Phi) is 5.24. The van der Waals surface area contributed by atoms with E-state index in [1.807, 2.05) is 0 Å². The molecule has 8 heteroatoms. The van der Waals surface area contributed by atoms with Crippen LogP contribution in [0.1, 0.15) is 0 Å². The van der Waals surface area contributed by atoms with Crippen molar-refractivity contribution in [3.63, 3.8) is 0 Å². The highest BCUT2D eigenvalue weighted by atomic mass is 35.5. The molecule has 1 aromatic carbocycles. The SMILES string of the molecule is COc1ccc(Cl)c(S(=O)(=O)NC2CNC2)c1.Cl. The molecule has 0 aliphatic carbocycles. The maximum absolute atomic E-state index is 12.0. The minimum atomic E-state index is -3.59. The highest BCUT2D eigenvalue weighted by Gasteiger charge is 2.26. The van der Waals surface area contributed by atoms with Gasteiger partial charge in [-0.2, -0.15) is 0 Å². The van der Waals surface area contributed by atoms with Gasteiger partial charge >= 0.3 is 0 Å². The van der Waals surface area contributed by atoms with Gasteiger partial charge in [0.05, 0.1) is 12.1 Å². The van der Waals surface area contributed by atoms with Crippen molar-refractivity contribution >= 4 is 34.0 Å². The normalized spacial score (nSPS) is 15.7. The average Bonchev–Trinajstić information content (AvgIpc) is 2.24. The lowest BCUT2D eigenvalue weighted by atomic mass is 10.2.